The van der Waals surface area contributed by atoms with E-state index in [4.69, 9.17) is 0 Å². The minimum Gasteiger partial charge on any atom is -0.299 e. The first kappa shape index (κ1) is 11.7. The van der Waals surface area contributed by atoms with Gasteiger partial charge in [-0.15, -0.1) is 11.3 Å². The summed E-state index contributed by atoms with van der Waals surface area (Å²) in [6.07, 6.45) is 1.67. The summed E-state index contributed by atoms with van der Waals surface area (Å²) in [5, 5.41) is 3.24. The molecule has 1 aromatic heterocycles. The number of ketones is 1. The number of Topliss-reactive ketones (excluding diaryl/α,β-unsaturated/α-hetero) is 1. The summed E-state index contributed by atoms with van der Waals surface area (Å²) >= 11 is 1.70. The fraction of sp³-hybridized carbons (Fsp3) is 0.667. The number of hydrogen-bond acceptors (Lipinski definition) is 4. The number of carbonyl (C=O) groups excluding carboxylic acids is 1. The molecule has 0 N–H and O–H groups in total. The van der Waals surface area contributed by atoms with Crippen LogP contribution in [0.4, 0.5) is 0 Å². The molecule has 1 fully saturated rings. The number of piperidine rings is 1. The topological polar surface area (TPSA) is 33.2 Å². The van der Waals surface area contributed by atoms with E-state index in [0.29, 0.717) is 12.2 Å². The molecule has 0 aromatic carbocycles. The van der Waals surface area contributed by atoms with Crippen LogP contribution in [0.1, 0.15) is 30.5 Å². The highest BCUT2D eigenvalue weighted by Crippen LogP contribution is 2.18. The molecule has 1 atom stereocenters. The summed E-state index contributed by atoms with van der Waals surface area (Å²) in [5.41, 5.74) is 1.15. The molecule has 2 heterocycles. The fourth-order valence-electron chi connectivity index (χ4n) is 2.19. The van der Waals surface area contributed by atoms with Gasteiger partial charge in [0, 0.05) is 37.4 Å². The summed E-state index contributed by atoms with van der Waals surface area (Å²) in [5.74, 6) is 0.682. The van der Waals surface area contributed by atoms with Gasteiger partial charge < -0.3 is 0 Å². The Morgan fingerprint density at radius 3 is 3.06 bits per heavy atom. The van der Waals surface area contributed by atoms with E-state index in [9.17, 15) is 4.79 Å². The minimum absolute atomic E-state index is 0.244. The van der Waals surface area contributed by atoms with Crippen LogP contribution in [0.15, 0.2) is 5.38 Å². The van der Waals surface area contributed by atoms with Crippen molar-refractivity contribution in [2.45, 2.75) is 33.2 Å². The molecule has 0 spiro atoms. The van der Waals surface area contributed by atoms with Gasteiger partial charge in [-0.1, -0.05) is 6.92 Å². The first-order valence-corrected chi connectivity index (χ1v) is 6.73. The molecule has 0 aliphatic carbocycles. The molecule has 0 radical (unpaired) electrons. The summed E-state index contributed by atoms with van der Waals surface area (Å²) < 4.78 is 0. The van der Waals surface area contributed by atoms with Crippen molar-refractivity contribution in [2.24, 2.45) is 5.92 Å². The van der Waals surface area contributed by atoms with Gasteiger partial charge in [0.25, 0.3) is 0 Å². The molecule has 0 saturated carbocycles. The number of thiazole rings is 1. The van der Waals surface area contributed by atoms with E-state index in [-0.39, 0.29) is 5.92 Å². The molecule has 3 nitrogen and oxygen atoms in total. The Morgan fingerprint density at radius 1 is 1.62 bits per heavy atom. The Morgan fingerprint density at radius 2 is 2.44 bits per heavy atom. The zero-order chi connectivity index (χ0) is 11.5. The maximum Gasteiger partial charge on any atom is 0.138 e. The van der Waals surface area contributed by atoms with Gasteiger partial charge in [0.2, 0.25) is 0 Å². The third kappa shape index (κ3) is 2.68. The van der Waals surface area contributed by atoms with Crippen LogP contribution in [-0.2, 0) is 11.3 Å². The van der Waals surface area contributed by atoms with Gasteiger partial charge in [0.15, 0.2) is 0 Å². The van der Waals surface area contributed by atoms with Gasteiger partial charge >= 0.3 is 0 Å². The summed E-state index contributed by atoms with van der Waals surface area (Å²) in [6.45, 7) is 6.83. The third-order valence-corrected chi connectivity index (χ3v) is 3.98. The highest BCUT2D eigenvalue weighted by atomic mass is 32.1. The molecule has 1 saturated heterocycles. The van der Waals surface area contributed by atoms with Crippen molar-refractivity contribution in [3.8, 4) is 0 Å². The zero-order valence-electron chi connectivity index (χ0n) is 9.90. The molecule has 2 rings (SSSR count). The predicted octanol–water partition coefficient (Wildman–Crippen LogP) is 2.25. The lowest BCUT2D eigenvalue weighted by Gasteiger charge is -2.30. The number of nitrogens with zero attached hydrogens (tertiary/aromatic N) is 2. The highest BCUT2D eigenvalue weighted by Gasteiger charge is 2.25. The first-order valence-electron chi connectivity index (χ1n) is 5.85. The molecule has 1 aromatic rings. The average Bonchev–Trinajstić information content (AvgIpc) is 2.67. The van der Waals surface area contributed by atoms with Gasteiger partial charge in [-0.3, -0.25) is 9.69 Å². The molecule has 1 unspecified atom stereocenters. The van der Waals surface area contributed by atoms with Crippen molar-refractivity contribution in [2.75, 3.05) is 13.1 Å². The van der Waals surface area contributed by atoms with Crippen LogP contribution in [0.3, 0.4) is 0 Å². The van der Waals surface area contributed by atoms with E-state index in [1.54, 1.807) is 11.3 Å². The van der Waals surface area contributed by atoms with Crippen molar-refractivity contribution in [1.82, 2.24) is 9.88 Å². The Balaban J connectivity index is 1.93. The summed E-state index contributed by atoms with van der Waals surface area (Å²) in [7, 11) is 0. The second-order valence-electron chi connectivity index (χ2n) is 4.41. The van der Waals surface area contributed by atoms with E-state index in [1.807, 2.05) is 6.92 Å². The molecular weight excluding hydrogens is 220 g/mol. The van der Waals surface area contributed by atoms with E-state index >= 15 is 0 Å². The Kier molecular flexibility index (Phi) is 3.71. The van der Waals surface area contributed by atoms with E-state index in [0.717, 1.165) is 36.8 Å². The monoisotopic (exact) mass is 238 g/mol. The lowest BCUT2D eigenvalue weighted by molar-refractivity contribution is -0.126. The van der Waals surface area contributed by atoms with E-state index < -0.39 is 0 Å². The number of aromatic nitrogens is 1. The van der Waals surface area contributed by atoms with E-state index in [2.05, 4.69) is 22.2 Å². The maximum atomic E-state index is 11.6. The van der Waals surface area contributed by atoms with Gasteiger partial charge in [-0.05, 0) is 13.3 Å². The lowest BCUT2D eigenvalue weighted by atomic mass is 9.94. The fourth-order valence-corrected chi connectivity index (χ4v) is 2.79. The zero-order valence-corrected chi connectivity index (χ0v) is 10.7. The Hall–Kier alpha value is -0.740. The molecule has 88 valence electrons. The van der Waals surface area contributed by atoms with Crippen LogP contribution in [0.2, 0.25) is 0 Å². The normalized spacial score (nSPS) is 22.6. The lowest BCUT2D eigenvalue weighted by Crippen LogP contribution is -2.40. The van der Waals surface area contributed by atoms with Crippen molar-refractivity contribution in [3.63, 3.8) is 0 Å². The number of carbonyl (C=O) groups is 1. The number of rotatable bonds is 3. The largest absolute Gasteiger partial charge is 0.299 e. The molecular formula is C12H18N2OS. The van der Waals surface area contributed by atoms with Crippen LogP contribution < -0.4 is 0 Å². The smallest absolute Gasteiger partial charge is 0.138 e. The SMILES string of the molecule is CCC1CN(Cc2csc(C)n2)CCC1=O. The van der Waals surface area contributed by atoms with Crippen molar-refractivity contribution in [1.29, 1.82) is 0 Å². The molecule has 0 bridgehead atoms. The van der Waals surface area contributed by atoms with Crippen LogP contribution in [0.25, 0.3) is 0 Å². The minimum atomic E-state index is 0.244. The van der Waals surface area contributed by atoms with E-state index in [1.165, 1.54) is 0 Å². The Bertz CT molecular complexity index is 375. The standard InChI is InChI=1S/C12H18N2OS/c1-3-10-6-14(5-4-12(10)15)7-11-8-16-9(2)13-11/h8,10H,3-7H2,1-2H3. The van der Waals surface area contributed by atoms with Crippen LogP contribution in [0, 0.1) is 12.8 Å². The number of hydrogen-bond donors (Lipinski definition) is 0. The molecule has 1 aliphatic rings. The number of aryl methyl sites for hydroxylation is 1. The quantitative estimate of drug-likeness (QED) is 0.810. The van der Waals surface area contributed by atoms with Crippen molar-refractivity contribution >= 4 is 17.1 Å². The highest BCUT2D eigenvalue weighted by molar-refractivity contribution is 7.09. The summed E-state index contributed by atoms with van der Waals surface area (Å²) in [6, 6.07) is 0. The third-order valence-electron chi connectivity index (χ3n) is 3.15. The van der Waals surface area contributed by atoms with Gasteiger partial charge in [0.05, 0.1) is 10.7 Å². The van der Waals surface area contributed by atoms with Crippen LogP contribution in [0.5, 0.6) is 0 Å². The van der Waals surface area contributed by atoms with Crippen LogP contribution >= 0.6 is 11.3 Å². The number of likely N-dealkylation sites (tertiary alicyclic amines) is 1. The van der Waals surface area contributed by atoms with Crippen molar-refractivity contribution in [3.05, 3.63) is 16.1 Å². The molecule has 1 aliphatic heterocycles. The second kappa shape index (κ2) is 5.06. The van der Waals surface area contributed by atoms with Gasteiger partial charge in [-0.25, -0.2) is 4.98 Å². The van der Waals surface area contributed by atoms with Crippen LogP contribution in [-0.4, -0.2) is 28.8 Å². The Labute approximate surface area is 100 Å². The summed E-state index contributed by atoms with van der Waals surface area (Å²) in [4.78, 5) is 18.4. The van der Waals surface area contributed by atoms with Gasteiger partial charge in [-0.2, -0.15) is 0 Å². The predicted molar refractivity (Wildman–Crippen MR) is 65.5 cm³/mol. The maximum absolute atomic E-state index is 11.6. The molecule has 16 heavy (non-hydrogen) atoms. The van der Waals surface area contributed by atoms with Gasteiger partial charge in [0.1, 0.15) is 5.78 Å². The van der Waals surface area contributed by atoms with Crippen molar-refractivity contribution < 1.29 is 4.79 Å². The average molecular weight is 238 g/mol. The molecule has 4 heteroatoms. The molecule has 0 amide bonds. The first-order chi connectivity index (χ1) is 7.69. The second-order valence-corrected chi connectivity index (χ2v) is 5.48.